The molecule has 1 saturated heterocycles. The molecule has 0 bridgehead atoms. The molecule has 0 spiro atoms. The number of carbonyl (C=O) groups excluding carboxylic acids is 2. The number of nitrogens with one attached hydrogen (secondary N) is 1. The molecule has 8 nitrogen and oxygen atoms in total. The molecule has 1 aromatic carbocycles. The Labute approximate surface area is 164 Å². The van der Waals surface area contributed by atoms with E-state index in [1.165, 1.54) is 35.5 Å². The zero-order valence-electron chi connectivity index (χ0n) is 15.7. The van der Waals surface area contributed by atoms with Crippen LogP contribution in [0.25, 0.3) is 6.08 Å². The second-order valence-corrected chi connectivity index (χ2v) is 8.72. The van der Waals surface area contributed by atoms with Gasteiger partial charge < -0.3 is 14.8 Å². The number of morpholine rings is 1. The molecule has 1 saturated carbocycles. The fourth-order valence-corrected chi connectivity index (χ4v) is 4.07. The number of hydrogen-bond acceptors (Lipinski definition) is 6. The molecule has 3 rings (SSSR count). The maximum atomic E-state index is 12.6. The summed E-state index contributed by atoms with van der Waals surface area (Å²) < 4.78 is 36.8. The fourth-order valence-electron chi connectivity index (χ4n) is 2.66. The molecule has 2 fully saturated rings. The number of nitrogens with zero attached hydrogens (tertiary/aromatic N) is 1. The van der Waals surface area contributed by atoms with Gasteiger partial charge in [0.1, 0.15) is 0 Å². The highest BCUT2D eigenvalue weighted by molar-refractivity contribution is 7.89. The Balaban J connectivity index is 1.55. The van der Waals surface area contributed by atoms with Gasteiger partial charge in [0.05, 0.1) is 18.1 Å². The Kier molecular flexibility index (Phi) is 6.48. The van der Waals surface area contributed by atoms with E-state index in [4.69, 9.17) is 9.47 Å². The molecule has 1 aliphatic heterocycles. The van der Waals surface area contributed by atoms with Crippen LogP contribution in [0.2, 0.25) is 0 Å². The summed E-state index contributed by atoms with van der Waals surface area (Å²) in [6.07, 6.45) is 3.79. The first kappa shape index (κ1) is 20.5. The van der Waals surface area contributed by atoms with Crippen molar-refractivity contribution < 1.29 is 27.5 Å². The lowest BCUT2D eigenvalue weighted by atomic mass is 10.2. The van der Waals surface area contributed by atoms with Gasteiger partial charge in [-0.05, 0) is 43.5 Å². The summed E-state index contributed by atoms with van der Waals surface area (Å²) in [5.74, 6) is -0.939. The van der Waals surface area contributed by atoms with Crippen molar-refractivity contribution >= 4 is 28.0 Å². The number of amides is 1. The SMILES string of the molecule is C[C@@H](OC(=O)/C=C/c1ccc(S(=O)(=O)N2CCOCC2)cc1)C(=O)NC1CC1. The van der Waals surface area contributed by atoms with E-state index >= 15 is 0 Å². The van der Waals surface area contributed by atoms with Crippen LogP contribution in [0.3, 0.4) is 0 Å². The molecular formula is C19H24N2O6S. The van der Waals surface area contributed by atoms with Gasteiger partial charge in [0.15, 0.2) is 6.10 Å². The van der Waals surface area contributed by atoms with Crippen molar-refractivity contribution in [1.29, 1.82) is 0 Å². The minimum Gasteiger partial charge on any atom is -0.449 e. The van der Waals surface area contributed by atoms with E-state index in [-0.39, 0.29) is 16.8 Å². The minimum absolute atomic E-state index is 0.194. The Morgan fingerprint density at radius 1 is 1.21 bits per heavy atom. The summed E-state index contributed by atoms with van der Waals surface area (Å²) in [4.78, 5) is 23.8. The molecule has 0 unspecified atom stereocenters. The van der Waals surface area contributed by atoms with E-state index < -0.39 is 22.1 Å². The third kappa shape index (κ3) is 5.40. The van der Waals surface area contributed by atoms with Gasteiger partial charge in [-0.3, -0.25) is 4.79 Å². The molecule has 0 radical (unpaired) electrons. The van der Waals surface area contributed by atoms with Crippen molar-refractivity contribution in [2.75, 3.05) is 26.3 Å². The van der Waals surface area contributed by atoms with Gasteiger partial charge in [-0.2, -0.15) is 4.31 Å². The summed E-state index contributed by atoms with van der Waals surface area (Å²) in [6.45, 7) is 2.97. The lowest BCUT2D eigenvalue weighted by Crippen LogP contribution is -2.40. The molecule has 152 valence electrons. The molecule has 2 aliphatic rings. The monoisotopic (exact) mass is 408 g/mol. The van der Waals surface area contributed by atoms with Gasteiger partial charge in [-0.25, -0.2) is 13.2 Å². The van der Waals surface area contributed by atoms with Crippen LogP contribution in [-0.2, 0) is 29.1 Å². The highest BCUT2D eigenvalue weighted by Crippen LogP contribution is 2.19. The molecule has 1 aliphatic carbocycles. The smallest absolute Gasteiger partial charge is 0.331 e. The standard InChI is InChI=1S/C19H24N2O6S/c1-14(19(23)20-16-5-6-16)27-18(22)9-4-15-2-7-17(8-3-15)28(24,25)21-10-12-26-13-11-21/h2-4,7-9,14,16H,5-6,10-13H2,1H3,(H,20,23)/b9-4+/t14-/m1/s1. The van der Waals surface area contributed by atoms with Crippen molar-refractivity contribution in [3.63, 3.8) is 0 Å². The van der Waals surface area contributed by atoms with E-state index in [9.17, 15) is 18.0 Å². The maximum absolute atomic E-state index is 12.6. The number of rotatable bonds is 7. The first-order chi connectivity index (χ1) is 13.4. The van der Waals surface area contributed by atoms with Crippen LogP contribution in [0.15, 0.2) is 35.2 Å². The normalized spacial score (nSPS) is 19.3. The first-order valence-electron chi connectivity index (χ1n) is 9.23. The summed E-state index contributed by atoms with van der Waals surface area (Å²) in [5.41, 5.74) is 0.646. The predicted molar refractivity (Wildman–Crippen MR) is 102 cm³/mol. The molecule has 1 heterocycles. The molecule has 1 N–H and O–H groups in total. The zero-order valence-corrected chi connectivity index (χ0v) is 16.5. The summed E-state index contributed by atoms with van der Waals surface area (Å²) >= 11 is 0. The summed E-state index contributed by atoms with van der Waals surface area (Å²) in [6, 6.07) is 6.43. The van der Waals surface area contributed by atoms with Crippen LogP contribution >= 0.6 is 0 Å². The van der Waals surface area contributed by atoms with E-state index in [0.29, 0.717) is 31.9 Å². The summed E-state index contributed by atoms with van der Waals surface area (Å²) in [5, 5.41) is 2.77. The quantitative estimate of drug-likeness (QED) is 0.532. The third-order valence-electron chi connectivity index (χ3n) is 4.49. The maximum Gasteiger partial charge on any atom is 0.331 e. The van der Waals surface area contributed by atoms with Gasteiger partial charge >= 0.3 is 5.97 Å². The Bertz CT molecular complexity index is 840. The second kappa shape index (κ2) is 8.85. The fraction of sp³-hybridized carbons (Fsp3) is 0.474. The van der Waals surface area contributed by atoms with Crippen molar-refractivity contribution in [3.05, 3.63) is 35.9 Å². The van der Waals surface area contributed by atoms with E-state index in [2.05, 4.69) is 5.32 Å². The largest absolute Gasteiger partial charge is 0.449 e. The Morgan fingerprint density at radius 3 is 2.46 bits per heavy atom. The number of esters is 1. The highest BCUT2D eigenvalue weighted by Gasteiger charge is 2.27. The van der Waals surface area contributed by atoms with Gasteiger partial charge in [0, 0.05) is 25.2 Å². The Morgan fingerprint density at radius 2 is 1.86 bits per heavy atom. The van der Waals surface area contributed by atoms with Gasteiger partial charge in [-0.1, -0.05) is 12.1 Å². The number of ether oxygens (including phenoxy) is 2. The number of carbonyl (C=O) groups is 2. The highest BCUT2D eigenvalue weighted by atomic mass is 32.2. The first-order valence-corrected chi connectivity index (χ1v) is 10.7. The van der Waals surface area contributed by atoms with Crippen molar-refractivity contribution in [3.8, 4) is 0 Å². The topological polar surface area (TPSA) is 102 Å². The van der Waals surface area contributed by atoms with Crippen LogP contribution in [0.1, 0.15) is 25.3 Å². The van der Waals surface area contributed by atoms with E-state index in [1.807, 2.05) is 0 Å². The van der Waals surface area contributed by atoms with Gasteiger partial charge in [0.25, 0.3) is 5.91 Å². The Hall–Kier alpha value is -2.23. The lowest BCUT2D eigenvalue weighted by molar-refractivity contribution is -0.150. The molecule has 28 heavy (non-hydrogen) atoms. The molecule has 1 amide bonds. The third-order valence-corrected chi connectivity index (χ3v) is 6.40. The van der Waals surface area contributed by atoms with Crippen molar-refractivity contribution in [1.82, 2.24) is 9.62 Å². The van der Waals surface area contributed by atoms with E-state index in [0.717, 1.165) is 12.8 Å². The molecule has 9 heteroatoms. The van der Waals surface area contributed by atoms with Gasteiger partial charge in [-0.15, -0.1) is 0 Å². The van der Waals surface area contributed by atoms with Crippen molar-refractivity contribution in [2.45, 2.75) is 36.8 Å². The lowest BCUT2D eigenvalue weighted by Gasteiger charge is -2.26. The summed E-state index contributed by atoms with van der Waals surface area (Å²) in [7, 11) is -3.55. The minimum atomic E-state index is -3.55. The predicted octanol–water partition coefficient (Wildman–Crippen LogP) is 0.931. The molecule has 1 aromatic rings. The second-order valence-electron chi connectivity index (χ2n) is 6.78. The van der Waals surface area contributed by atoms with Crippen molar-refractivity contribution in [2.24, 2.45) is 0 Å². The number of benzene rings is 1. The average Bonchev–Trinajstić information content (AvgIpc) is 3.51. The van der Waals surface area contributed by atoms with Crippen LogP contribution in [0.5, 0.6) is 0 Å². The molecule has 1 atom stereocenters. The van der Waals surface area contributed by atoms with E-state index in [1.54, 1.807) is 12.1 Å². The average molecular weight is 408 g/mol. The van der Waals surface area contributed by atoms with Crippen LogP contribution < -0.4 is 5.32 Å². The number of hydrogen-bond donors (Lipinski definition) is 1. The molecule has 0 aromatic heterocycles. The van der Waals surface area contributed by atoms with Crippen LogP contribution in [0, 0.1) is 0 Å². The zero-order chi connectivity index (χ0) is 20.1. The van der Waals surface area contributed by atoms with Crippen LogP contribution in [0.4, 0.5) is 0 Å². The van der Waals surface area contributed by atoms with Crippen LogP contribution in [-0.4, -0.2) is 63.0 Å². The number of sulfonamides is 1. The molecular weight excluding hydrogens is 384 g/mol. The van der Waals surface area contributed by atoms with Gasteiger partial charge in [0.2, 0.25) is 10.0 Å².